The number of benzene rings is 1. The van der Waals surface area contributed by atoms with Crippen molar-refractivity contribution in [3.63, 3.8) is 0 Å². The number of nitrogens with one attached hydrogen (secondary N) is 1. The second-order valence-electron chi connectivity index (χ2n) is 5.69. The van der Waals surface area contributed by atoms with Crippen LogP contribution < -0.4 is 5.73 Å². The number of aromatic nitrogens is 2. The topological polar surface area (TPSA) is 81.0 Å². The smallest absolute Gasteiger partial charge is 0.374 e. The molecule has 0 aliphatic heterocycles. The summed E-state index contributed by atoms with van der Waals surface area (Å²) in [6, 6.07) is 4.23. The number of imidazole rings is 1. The summed E-state index contributed by atoms with van der Waals surface area (Å²) >= 11 is 3.23. The Morgan fingerprint density at radius 1 is 1.48 bits per heavy atom. The first-order valence-electron chi connectivity index (χ1n) is 7.44. The number of ether oxygens (including phenoxy) is 1. The van der Waals surface area contributed by atoms with Crippen molar-refractivity contribution >= 4 is 21.9 Å². The second kappa shape index (κ2) is 7.57. The molecule has 0 spiro atoms. The molecule has 25 heavy (non-hydrogen) atoms. The Hall–Kier alpha value is -1.87. The van der Waals surface area contributed by atoms with Crippen molar-refractivity contribution in [3.8, 4) is 0 Å². The molecule has 0 bridgehead atoms. The molecule has 0 radical (unpaired) electrons. The lowest BCUT2D eigenvalue weighted by Gasteiger charge is -2.26. The Labute approximate surface area is 150 Å². The zero-order valence-electron chi connectivity index (χ0n) is 13.6. The molecule has 0 saturated carbocycles. The molecule has 0 unspecified atom stereocenters. The fourth-order valence-electron chi connectivity index (χ4n) is 2.43. The first-order chi connectivity index (χ1) is 11.7. The van der Waals surface area contributed by atoms with E-state index in [1.807, 2.05) is 0 Å². The highest BCUT2D eigenvalue weighted by atomic mass is 79.9. The maximum absolute atomic E-state index is 14.1. The number of halogens is 4. The molecular weight excluding hydrogens is 403 g/mol. The Bertz CT molecular complexity index is 778. The highest BCUT2D eigenvalue weighted by Crippen LogP contribution is 2.30. The SMILES string of the molecule is CCOC(=O)c1nc(C(F)F)c(C[C@@](C)(N)c2cc(Br)ccc2F)[nH]1. The van der Waals surface area contributed by atoms with Gasteiger partial charge in [0.2, 0.25) is 5.82 Å². The lowest BCUT2D eigenvalue weighted by atomic mass is 9.87. The standard InChI is InChI=1S/C16H17BrF3N3O2/c1-3-25-15(24)14-22-11(12(23-14)13(19)20)7-16(2,21)9-6-8(17)4-5-10(9)18/h4-6,13H,3,7,21H2,1-2H3,(H,22,23)/t16-/m1/s1. The second-order valence-corrected chi connectivity index (χ2v) is 6.60. The Kier molecular flexibility index (Phi) is 5.89. The lowest BCUT2D eigenvalue weighted by Crippen LogP contribution is -2.37. The number of rotatable bonds is 6. The monoisotopic (exact) mass is 419 g/mol. The fourth-order valence-corrected chi connectivity index (χ4v) is 2.79. The van der Waals surface area contributed by atoms with Gasteiger partial charge in [0, 0.05) is 27.7 Å². The summed E-state index contributed by atoms with van der Waals surface area (Å²) in [4.78, 5) is 17.8. The van der Waals surface area contributed by atoms with Gasteiger partial charge < -0.3 is 15.5 Å². The zero-order chi connectivity index (χ0) is 18.8. The van der Waals surface area contributed by atoms with Crippen molar-refractivity contribution in [2.75, 3.05) is 6.61 Å². The van der Waals surface area contributed by atoms with Gasteiger partial charge in [-0.15, -0.1) is 0 Å². The summed E-state index contributed by atoms with van der Waals surface area (Å²) in [6.07, 6.45) is -3.09. The summed E-state index contributed by atoms with van der Waals surface area (Å²) in [5, 5.41) is 0. The number of hydrogen-bond donors (Lipinski definition) is 2. The van der Waals surface area contributed by atoms with Gasteiger partial charge in [-0.1, -0.05) is 15.9 Å². The molecule has 0 amide bonds. The molecule has 9 heteroatoms. The van der Waals surface area contributed by atoms with Gasteiger partial charge >= 0.3 is 5.97 Å². The molecule has 0 fully saturated rings. The molecular formula is C16H17BrF3N3O2. The number of nitrogens with two attached hydrogens (primary N) is 1. The van der Waals surface area contributed by atoms with E-state index in [2.05, 4.69) is 25.9 Å². The number of aromatic amines is 1. The molecule has 1 heterocycles. The number of carbonyl (C=O) groups is 1. The summed E-state index contributed by atoms with van der Waals surface area (Å²) in [6.45, 7) is 3.18. The van der Waals surface area contributed by atoms with E-state index < -0.39 is 29.4 Å². The van der Waals surface area contributed by atoms with Crippen LogP contribution in [-0.2, 0) is 16.7 Å². The predicted octanol–water partition coefficient (Wildman–Crippen LogP) is 3.84. The van der Waals surface area contributed by atoms with E-state index in [9.17, 15) is 18.0 Å². The predicted molar refractivity (Wildman–Crippen MR) is 88.8 cm³/mol. The fraction of sp³-hybridized carbons (Fsp3) is 0.375. The number of H-pyrrole nitrogens is 1. The van der Waals surface area contributed by atoms with Crippen LogP contribution in [0.1, 0.15) is 47.8 Å². The van der Waals surface area contributed by atoms with Crippen LogP contribution in [0.25, 0.3) is 0 Å². The normalized spacial score (nSPS) is 13.8. The largest absolute Gasteiger partial charge is 0.460 e. The highest BCUT2D eigenvalue weighted by molar-refractivity contribution is 9.10. The van der Waals surface area contributed by atoms with E-state index in [0.29, 0.717) is 4.47 Å². The van der Waals surface area contributed by atoms with Gasteiger partial charge in [-0.3, -0.25) is 0 Å². The number of alkyl halides is 2. The Balaban J connectivity index is 2.40. The molecule has 0 aliphatic rings. The molecule has 0 aliphatic carbocycles. The quantitative estimate of drug-likeness (QED) is 0.696. The number of carbonyl (C=O) groups excluding carboxylic acids is 1. The van der Waals surface area contributed by atoms with Gasteiger partial charge in [-0.05, 0) is 32.0 Å². The van der Waals surface area contributed by atoms with Gasteiger partial charge in [0.15, 0.2) is 0 Å². The van der Waals surface area contributed by atoms with Crippen LogP contribution in [0.15, 0.2) is 22.7 Å². The van der Waals surface area contributed by atoms with Gasteiger partial charge in [-0.2, -0.15) is 0 Å². The number of hydrogen-bond acceptors (Lipinski definition) is 4. The van der Waals surface area contributed by atoms with Crippen molar-refractivity contribution in [2.24, 2.45) is 5.73 Å². The van der Waals surface area contributed by atoms with E-state index in [0.717, 1.165) is 0 Å². The average molecular weight is 420 g/mol. The molecule has 3 N–H and O–H groups in total. The first kappa shape index (κ1) is 19.5. The molecule has 2 rings (SSSR count). The molecule has 1 aromatic heterocycles. The van der Waals surface area contributed by atoms with Crippen molar-refractivity contribution in [1.82, 2.24) is 9.97 Å². The first-order valence-corrected chi connectivity index (χ1v) is 8.23. The minimum Gasteiger partial charge on any atom is -0.460 e. The maximum Gasteiger partial charge on any atom is 0.374 e. The maximum atomic E-state index is 14.1. The van der Waals surface area contributed by atoms with Crippen LogP contribution in [0.2, 0.25) is 0 Å². The van der Waals surface area contributed by atoms with Gasteiger partial charge in [0.05, 0.1) is 6.61 Å². The van der Waals surface area contributed by atoms with Crippen LogP contribution in [0.5, 0.6) is 0 Å². The summed E-state index contributed by atoms with van der Waals surface area (Å²) < 4.78 is 46.0. The minimum atomic E-state index is -2.92. The third kappa shape index (κ3) is 4.40. The Morgan fingerprint density at radius 2 is 2.16 bits per heavy atom. The summed E-state index contributed by atoms with van der Waals surface area (Å²) in [7, 11) is 0. The van der Waals surface area contributed by atoms with Crippen molar-refractivity contribution in [1.29, 1.82) is 0 Å². The van der Waals surface area contributed by atoms with Crippen molar-refractivity contribution < 1.29 is 22.7 Å². The molecule has 5 nitrogen and oxygen atoms in total. The molecule has 136 valence electrons. The summed E-state index contributed by atoms with van der Waals surface area (Å²) in [5.41, 5.74) is 4.38. The van der Waals surface area contributed by atoms with E-state index in [1.165, 1.54) is 25.1 Å². The van der Waals surface area contributed by atoms with Crippen LogP contribution in [0.4, 0.5) is 13.2 Å². The third-order valence-corrected chi connectivity index (χ3v) is 4.07. The van der Waals surface area contributed by atoms with Gasteiger partial charge in [-0.25, -0.2) is 22.9 Å². The van der Waals surface area contributed by atoms with E-state index in [4.69, 9.17) is 10.5 Å². The van der Waals surface area contributed by atoms with Gasteiger partial charge in [0.1, 0.15) is 11.5 Å². The minimum absolute atomic E-state index is 0.0394. The van der Waals surface area contributed by atoms with E-state index >= 15 is 0 Å². The average Bonchev–Trinajstić information content (AvgIpc) is 2.93. The van der Waals surface area contributed by atoms with Crippen molar-refractivity contribution in [2.45, 2.75) is 32.2 Å². The van der Waals surface area contributed by atoms with E-state index in [-0.39, 0.29) is 30.1 Å². The molecule has 1 aromatic carbocycles. The Morgan fingerprint density at radius 3 is 2.76 bits per heavy atom. The van der Waals surface area contributed by atoms with E-state index in [1.54, 1.807) is 6.92 Å². The number of esters is 1. The summed E-state index contributed by atoms with van der Waals surface area (Å²) in [5.74, 6) is -1.74. The van der Waals surface area contributed by atoms with Crippen LogP contribution >= 0.6 is 15.9 Å². The highest BCUT2D eigenvalue weighted by Gasteiger charge is 2.31. The molecule has 0 saturated heterocycles. The zero-order valence-corrected chi connectivity index (χ0v) is 15.2. The third-order valence-electron chi connectivity index (χ3n) is 3.57. The van der Waals surface area contributed by atoms with Crippen LogP contribution in [-0.4, -0.2) is 22.5 Å². The van der Waals surface area contributed by atoms with Crippen LogP contribution in [0.3, 0.4) is 0 Å². The van der Waals surface area contributed by atoms with Gasteiger partial charge in [0.25, 0.3) is 6.43 Å². The van der Waals surface area contributed by atoms with Crippen LogP contribution in [0, 0.1) is 5.82 Å². The number of nitrogens with zero attached hydrogens (tertiary/aromatic N) is 1. The molecule has 2 aromatic rings. The molecule has 1 atom stereocenters. The lowest BCUT2D eigenvalue weighted by molar-refractivity contribution is 0.0512. The van der Waals surface area contributed by atoms with Crippen molar-refractivity contribution in [3.05, 3.63) is 51.3 Å².